The van der Waals surface area contributed by atoms with Crippen LogP contribution < -0.4 is 15.2 Å². The van der Waals surface area contributed by atoms with Crippen LogP contribution >= 0.6 is 0 Å². The molecule has 2 aromatic heterocycles. The van der Waals surface area contributed by atoms with Gasteiger partial charge >= 0.3 is 0 Å². The predicted octanol–water partition coefficient (Wildman–Crippen LogP) is 4.18. The van der Waals surface area contributed by atoms with Gasteiger partial charge in [0.2, 0.25) is 5.91 Å². The van der Waals surface area contributed by atoms with Crippen molar-refractivity contribution in [3.8, 4) is 11.5 Å². The second-order valence-corrected chi connectivity index (χ2v) is 6.71. The van der Waals surface area contributed by atoms with E-state index in [-0.39, 0.29) is 0 Å². The van der Waals surface area contributed by atoms with Crippen LogP contribution in [0, 0.1) is 0 Å². The Kier molecular flexibility index (Phi) is 5.48. The largest absolute Gasteiger partial charge is 0.493 e. The van der Waals surface area contributed by atoms with Gasteiger partial charge in [-0.1, -0.05) is 36.4 Å². The molecule has 6 heteroatoms. The molecule has 6 nitrogen and oxygen atoms in total. The normalized spacial score (nSPS) is 11.4. The molecule has 0 saturated carbocycles. The van der Waals surface area contributed by atoms with Crippen LogP contribution in [0.4, 0.5) is 0 Å². The molecule has 0 atom stereocenters. The van der Waals surface area contributed by atoms with E-state index in [0.717, 1.165) is 22.2 Å². The molecule has 0 aliphatic heterocycles. The minimum Gasteiger partial charge on any atom is -0.493 e. The van der Waals surface area contributed by atoms with Crippen LogP contribution in [-0.4, -0.2) is 23.0 Å². The second-order valence-electron chi connectivity index (χ2n) is 6.71. The third kappa shape index (κ3) is 4.03. The molecule has 4 aromatic rings. The van der Waals surface area contributed by atoms with Crippen molar-refractivity contribution in [3.63, 3.8) is 0 Å². The summed E-state index contributed by atoms with van der Waals surface area (Å²) in [5.74, 6) is 0.578. The smallest absolute Gasteiger partial charge is 0.249 e. The number of nitrogens with two attached hydrogens (primary N) is 1. The van der Waals surface area contributed by atoms with Crippen molar-refractivity contribution in [2.24, 2.45) is 5.73 Å². The summed E-state index contributed by atoms with van der Waals surface area (Å²) in [4.78, 5) is 19.6. The van der Waals surface area contributed by atoms with Crippen molar-refractivity contribution < 1.29 is 14.3 Å². The fraction of sp³-hybridized carbons (Fsp3) is 0.0833. The predicted molar refractivity (Wildman–Crippen MR) is 117 cm³/mol. The number of amides is 1. The van der Waals surface area contributed by atoms with Crippen LogP contribution in [0.25, 0.3) is 22.7 Å². The van der Waals surface area contributed by atoms with Gasteiger partial charge in [0.05, 0.1) is 7.11 Å². The van der Waals surface area contributed by atoms with E-state index in [0.29, 0.717) is 29.2 Å². The van der Waals surface area contributed by atoms with E-state index in [1.165, 1.54) is 0 Å². The maximum absolute atomic E-state index is 12.2. The van der Waals surface area contributed by atoms with E-state index in [2.05, 4.69) is 9.97 Å². The molecule has 0 bridgehead atoms. The number of carbonyl (C=O) groups excluding carboxylic acids is 1. The fourth-order valence-corrected chi connectivity index (χ4v) is 3.24. The first-order valence-electron chi connectivity index (χ1n) is 9.44. The number of fused-ring (bicyclic) bond motifs is 1. The number of aromatic amines is 1. The number of pyridine rings is 1. The van der Waals surface area contributed by atoms with Crippen molar-refractivity contribution in [2.45, 2.75) is 6.61 Å². The number of nitrogens with zero attached hydrogens (tertiary/aromatic N) is 1. The Morgan fingerprint density at radius 3 is 2.70 bits per heavy atom. The number of nitrogens with one attached hydrogen (secondary N) is 1. The molecular weight excluding hydrogens is 378 g/mol. The highest BCUT2D eigenvalue weighted by molar-refractivity contribution is 6.24. The summed E-state index contributed by atoms with van der Waals surface area (Å²) < 4.78 is 11.4. The molecule has 3 N–H and O–H groups in total. The molecule has 0 radical (unpaired) electrons. The summed E-state index contributed by atoms with van der Waals surface area (Å²) in [5, 5.41) is 0.908. The first-order chi connectivity index (χ1) is 14.7. The van der Waals surface area contributed by atoms with E-state index >= 15 is 0 Å². The first-order valence-corrected chi connectivity index (χ1v) is 9.44. The van der Waals surface area contributed by atoms with Gasteiger partial charge in [-0.2, -0.15) is 0 Å². The van der Waals surface area contributed by atoms with Crippen LogP contribution in [-0.2, 0) is 11.4 Å². The maximum atomic E-state index is 12.2. The third-order valence-corrected chi connectivity index (χ3v) is 4.76. The van der Waals surface area contributed by atoms with E-state index in [1.807, 2.05) is 42.5 Å². The highest BCUT2D eigenvalue weighted by atomic mass is 16.5. The summed E-state index contributed by atoms with van der Waals surface area (Å²) >= 11 is 0. The zero-order chi connectivity index (χ0) is 20.9. The number of benzene rings is 2. The van der Waals surface area contributed by atoms with Gasteiger partial charge in [-0.05, 0) is 41.5 Å². The number of H-pyrrole nitrogens is 1. The average molecular weight is 399 g/mol. The minimum absolute atomic E-state index is 0.368. The SMILES string of the molecule is COc1cc(C(=Cc2c[nH]c3ncccc23)C(N)=O)ccc1OCc1ccccc1. The van der Waals surface area contributed by atoms with Crippen molar-refractivity contribution >= 4 is 28.6 Å². The topological polar surface area (TPSA) is 90.2 Å². The van der Waals surface area contributed by atoms with Crippen LogP contribution in [0.15, 0.2) is 73.1 Å². The zero-order valence-corrected chi connectivity index (χ0v) is 16.5. The number of hydrogen-bond acceptors (Lipinski definition) is 4. The second kappa shape index (κ2) is 8.53. The van der Waals surface area contributed by atoms with Gasteiger partial charge in [0.25, 0.3) is 0 Å². The van der Waals surface area contributed by atoms with Gasteiger partial charge < -0.3 is 20.2 Å². The standard InChI is InChI=1S/C24H21N3O3/c1-29-22-13-17(9-10-21(22)30-15-16-6-3-2-4-7-16)20(23(25)28)12-18-14-27-24-19(18)8-5-11-26-24/h2-14H,15H2,1H3,(H2,25,28)(H,26,27). The molecule has 2 heterocycles. The van der Waals surface area contributed by atoms with Gasteiger partial charge in [-0.3, -0.25) is 4.79 Å². The molecule has 2 aromatic carbocycles. The van der Waals surface area contributed by atoms with Crippen LogP contribution in [0.1, 0.15) is 16.7 Å². The monoisotopic (exact) mass is 399 g/mol. The Bertz CT molecular complexity index is 1210. The molecule has 0 aliphatic carbocycles. The number of carbonyl (C=O) groups is 1. The number of aromatic nitrogens is 2. The molecule has 0 unspecified atom stereocenters. The lowest BCUT2D eigenvalue weighted by Gasteiger charge is -2.13. The average Bonchev–Trinajstić information content (AvgIpc) is 3.19. The molecule has 1 amide bonds. The van der Waals surface area contributed by atoms with E-state index in [9.17, 15) is 4.79 Å². The molecule has 0 saturated heterocycles. The number of ether oxygens (including phenoxy) is 2. The summed E-state index contributed by atoms with van der Waals surface area (Å²) in [7, 11) is 1.56. The molecular formula is C24H21N3O3. The summed E-state index contributed by atoms with van der Waals surface area (Å²) in [6.45, 7) is 0.414. The van der Waals surface area contributed by atoms with Crippen LogP contribution in [0.3, 0.4) is 0 Å². The molecule has 0 aliphatic rings. The van der Waals surface area contributed by atoms with E-state index in [4.69, 9.17) is 15.2 Å². The molecule has 4 rings (SSSR count). The minimum atomic E-state index is -0.534. The first kappa shape index (κ1) is 19.3. The number of primary amides is 1. The molecule has 0 fully saturated rings. The Balaban J connectivity index is 1.66. The Morgan fingerprint density at radius 1 is 1.10 bits per heavy atom. The van der Waals surface area contributed by atoms with Gasteiger partial charge in [0.1, 0.15) is 12.3 Å². The van der Waals surface area contributed by atoms with Crippen molar-refractivity contribution in [1.29, 1.82) is 0 Å². The Hall–Kier alpha value is -4.06. The van der Waals surface area contributed by atoms with Crippen molar-refractivity contribution in [3.05, 3.63) is 89.7 Å². The zero-order valence-electron chi connectivity index (χ0n) is 16.5. The summed E-state index contributed by atoms with van der Waals surface area (Å²) in [6.07, 6.45) is 5.26. The van der Waals surface area contributed by atoms with E-state index < -0.39 is 5.91 Å². The van der Waals surface area contributed by atoms with Gasteiger partial charge in [0, 0.05) is 28.9 Å². The van der Waals surface area contributed by atoms with Crippen molar-refractivity contribution in [1.82, 2.24) is 9.97 Å². The highest BCUT2D eigenvalue weighted by Crippen LogP contribution is 2.32. The van der Waals surface area contributed by atoms with Gasteiger partial charge in [0.15, 0.2) is 11.5 Å². The summed E-state index contributed by atoms with van der Waals surface area (Å²) in [6, 6.07) is 19.0. The summed E-state index contributed by atoms with van der Waals surface area (Å²) in [5.41, 5.74) is 9.32. The molecule has 150 valence electrons. The van der Waals surface area contributed by atoms with Gasteiger partial charge in [-0.25, -0.2) is 4.98 Å². The number of rotatable bonds is 7. The lowest BCUT2D eigenvalue weighted by molar-refractivity contribution is -0.112. The maximum Gasteiger partial charge on any atom is 0.249 e. The lowest BCUT2D eigenvalue weighted by Crippen LogP contribution is -2.13. The fourth-order valence-electron chi connectivity index (χ4n) is 3.24. The molecule has 30 heavy (non-hydrogen) atoms. The third-order valence-electron chi connectivity index (χ3n) is 4.76. The van der Waals surface area contributed by atoms with Gasteiger partial charge in [-0.15, -0.1) is 0 Å². The van der Waals surface area contributed by atoms with Crippen molar-refractivity contribution in [2.75, 3.05) is 7.11 Å². The highest BCUT2D eigenvalue weighted by Gasteiger charge is 2.14. The van der Waals surface area contributed by atoms with Crippen LogP contribution in [0.2, 0.25) is 0 Å². The number of hydrogen-bond donors (Lipinski definition) is 2. The molecule has 0 spiro atoms. The Labute approximate surface area is 174 Å². The number of methoxy groups -OCH3 is 1. The quantitative estimate of drug-likeness (QED) is 0.456. The van der Waals surface area contributed by atoms with Crippen LogP contribution in [0.5, 0.6) is 11.5 Å². The lowest BCUT2D eigenvalue weighted by atomic mass is 10.0. The Morgan fingerprint density at radius 2 is 1.93 bits per heavy atom. The van der Waals surface area contributed by atoms with E-state index in [1.54, 1.807) is 43.8 Å².